The van der Waals surface area contributed by atoms with E-state index in [1.807, 2.05) is 24.3 Å². The van der Waals surface area contributed by atoms with Gasteiger partial charge in [-0.3, -0.25) is 14.4 Å². The first-order chi connectivity index (χ1) is 17.0. The fraction of sp³-hybridized carbons (Fsp3) is 0.500. The van der Waals surface area contributed by atoms with Gasteiger partial charge in [-0.05, 0) is 24.5 Å². The third kappa shape index (κ3) is 7.26. The Labute approximate surface area is 208 Å². The van der Waals surface area contributed by atoms with E-state index in [-0.39, 0.29) is 12.3 Å². The number of benzene rings is 1. The Morgan fingerprint density at radius 3 is 2.22 bits per heavy atom. The lowest BCUT2D eigenvalue weighted by Crippen LogP contribution is -2.60. The number of carbonyl (C=O) groups is 4. The van der Waals surface area contributed by atoms with Crippen LogP contribution in [0.15, 0.2) is 30.5 Å². The highest BCUT2D eigenvalue weighted by Gasteiger charge is 2.33. The van der Waals surface area contributed by atoms with Crippen LogP contribution in [0, 0.1) is 5.92 Å². The number of carbonyl (C=O) groups excluding carboxylic acids is 3. The summed E-state index contributed by atoms with van der Waals surface area (Å²) in [5, 5.41) is 37.0. The van der Waals surface area contributed by atoms with E-state index in [0.717, 1.165) is 10.9 Å². The number of para-hydroxylation sites is 1. The first-order valence-corrected chi connectivity index (χ1v) is 11.7. The minimum Gasteiger partial charge on any atom is -0.480 e. The molecule has 0 saturated heterocycles. The summed E-state index contributed by atoms with van der Waals surface area (Å²) >= 11 is 0. The summed E-state index contributed by atoms with van der Waals surface area (Å²) in [5.41, 5.74) is 7.14. The predicted molar refractivity (Wildman–Crippen MR) is 132 cm³/mol. The number of aromatic nitrogens is 1. The number of aliphatic carboxylic acids is 1. The third-order valence-corrected chi connectivity index (χ3v) is 6.14. The molecule has 198 valence electrons. The van der Waals surface area contributed by atoms with Gasteiger partial charge in [0.1, 0.15) is 24.2 Å². The number of aromatic amines is 1. The van der Waals surface area contributed by atoms with E-state index in [9.17, 15) is 34.5 Å². The van der Waals surface area contributed by atoms with E-state index in [1.165, 1.54) is 6.92 Å². The Morgan fingerprint density at radius 2 is 1.64 bits per heavy atom. The van der Waals surface area contributed by atoms with Crippen molar-refractivity contribution in [1.29, 1.82) is 0 Å². The smallest absolute Gasteiger partial charge is 0.326 e. The summed E-state index contributed by atoms with van der Waals surface area (Å²) in [7, 11) is 0. The summed E-state index contributed by atoms with van der Waals surface area (Å²) in [6.45, 7) is 4.04. The highest BCUT2D eigenvalue weighted by molar-refractivity contribution is 5.94. The zero-order chi connectivity index (χ0) is 27.0. The van der Waals surface area contributed by atoms with E-state index in [0.29, 0.717) is 12.0 Å². The number of hydrogen-bond acceptors (Lipinski definition) is 7. The number of rotatable bonds is 13. The Morgan fingerprint density at radius 1 is 1.00 bits per heavy atom. The molecule has 0 aliphatic carbocycles. The van der Waals surface area contributed by atoms with Crippen molar-refractivity contribution in [3.05, 3.63) is 36.0 Å². The molecule has 0 bridgehead atoms. The van der Waals surface area contributed by atoms with Gasteiger partial charge < -0.3 is 42.0 Å². The topological polar surface area (TPSA) is 207 Å². The number of nitrogens with one attached hydrogen (secondary N) is 4. The summed E-state index contributed by atoms with van der Waals surface area (Å²) in [6.07, 6.45) is 0.978. The molecule has 0 saturated carbocycles. The van der Waals surface area contributed by atoms with E-state index >= 15 is 0 Å². The Hall–Kier alpha value is -3.48. The van der Waals surface area contributed by atoms with Crippen LogP contribution < -0.4 is 21.7 Å². The van der Waals surface area contributed by atoms with E-state index < -0.39 is 60.6 Å². The quantitative estimate of drug-likeness (QED) is 0.169. The van der Waals surface area contributed by atoms with Crippen molar-refractivity contribution in [2.45, 2.75) is 63.9 Å². The van der Waals surface area contributed by atoms with Crippen LogP contribution in [-0.2, 0) is 25.6 Å². The van der Waals surface area contributed by atoms with Gasteiger partial charge in [0, 0.05) is 23.5 Å². The number of aliphatic hydroxyl groups is 2. The van der Waals surface area contributed by atoms with Crippen molar-refractivity contribution in [2.75, 3.05) is 6.61 Å². The molecule has 0 fully saturated rings. The van der Waals surface area contributed by atoms with Gasteiger partial charge in [-0.15, -0.1) is 0 Å². The van der Waals surface area contributed by atoms with Gasteiger partial charge in [-0.25, -0.2) is 4.79 Å². The second kappa shape index (κ2) is 13.0. The number of fused-ring (bicyclic) bond motifs is 1. The minimum absolute atomic E-state index is 0.0278. The largest absolute Gasteiger partial charge is 0.480 e. The molecule has 0 spiro atoms. The molecule has 6 atom stereocenters. The molecule has 0 radical (unpaired) electrons. The molecule has 6 unspecified atom stereocenters. The van der Waals surface area contributed by atoms with E-state index in [4.69, 9.17) is 5.73 Å². The van der Waals surface area contributed by atoms with Crippen molar-refractivity contribution < 1.29 is 34.5 Å². The van der Waals surface area contributed by atoms with Crippen molar-refractivity contribution in [3.8, 4) is 0 Å². The van der Waals surface area contributed by atoms with Gasteiger partial charge in [-0.2, -0.15) is 0 Å². The molecule has 2 aromatic rings. The summed E-state index contributed by atoms with van der Waals surface area (Å²) in [6, 6.07) is 2.16. The second-order valence-corrected chi connectivity index (χ2v) is 8.84. The van der Waals surface area contributed by atoms with Gasteiger partial charge in [0.15, 0.2) is 0 Å². The van der Waals surface area contributed by atoms with E-state index in [1.54, 1.807) is 20.0 Å². The number of aliphatic hydroxyl groups excluding tert-OH is 2. The number of carboxylic acids is 1. The zero-order valence-electron chi connectivity index (χ0n) is 20.5. The molecule has 1 heterocycles. The molecule has 0 aliphatic heterocycles. The maximum absolute atomic E-state index is 12.9. The third-order valence-electron chi connectivity index (χ3n) is 6.14. The fourth-order valence-corrected chi connectivity index (χ4v) is 3.62. The maximum atomic E-state index is 12.9. The lowest BCUT2D eigenvalue weighted by molar-refractivity contribution is -0.142. The molecule has 3 amide bonds. The molecular formula is C24H35N5O7. The standard InChI is InChI=1S/C24H35N5O7/c1-4-12(2)20(29-22(33)19(25)13(3)31)23(34)28-18(11-30)21(32)27-17(24(35)36)9-14-10-26-16-8-6-5-7-15(14)16/h5-8,10,12-13,17-20,26,30-31H,4,9,11,25H2,1-3H3,(H,27,32)(H,28,34)(H,29,33)(H,35,36). The molecule has 0 aliphatic rings. The van der Waals surface area contributed by atoms with Crippen LogP contribution in [0.3, 0.4) is 0 Å². The minimum atomic E-state index is -1.46. The lowest BCUT2D eigenvalue weighted by Gasteiger charge is -2.27. The number of carboxylic acid groups (broad SMARTS) is 1. The van der Waals surface area contributed by atoms with Crippen LogP contribution in [0.4, 0.5) is 0 Å². The van der Waals surface area contributed by atoms with Crippen LogP contribution in [0.5, 0.6) is 0 Å². The van der Waals surface area contributed by atoms with Crippen LogP contribution >= 0.6 is 0 Å². The summed E-state index contributed by atoms with van der Waals surface area (Å²) in [5.74, 6) is -4.05. The molecular weight excluding hydrogens is 470 g/mol. The predicted octanol–water partition coefficient (Wildman–Crippen LogP) is -1.00. The molecule has 9 N–H and O–H groups in total. The van der Waals surface area contributed by atoms with Gasteiger partial charge in [0.2, 0.25) is 17.7 Å². The molecule has 12 nitrogen and oxygen atoms in total. The highest BCUT2D eigenvalue weighted by Crippen LogP contribution is 2.19. The average Bonchev–Trinajstić information content (AvgIpc) is 3.26. The SMILES string of the molecule is CCC(C)C(NC(=O)C(N)C(C)O)C(=O)NC(CO)C(=O)NC(Cc1c[nH]c2ccccc12)C(=O)O. The molecule has 1 aromatic heterocycles. The van der Waals surface area contributed by atoms with Crippen LogP contribution in [0.2, 0.25) is 0 Å². The molecule has 12 heteroatoms. The normalized spacial score (nSPS) is 16.3. The highest BCUT2D eigenvalue weighted by atomic mass is 16.4. The zero-order valence-corrected chi connectivity index (χ0v) is 20.5. The first-order valence-electron chi connectivity index (χ1n) is 11.7. The van der Waals surface area contributed by atoms with Gasteiger partial charge in [-0.1, -0.05) is 38.5 Å². The summed E-state index contributed by atoms with van der Waals surface area (Å²) in [4.78, 5) is 52.9. The number of H-pyrrole nitrogens is 1. The average molecular weight is 506 g/mol. The van der Waals surface area contributed by atoms with Crippen molar-refractivity contribution in [1.82, 2.24) is 20.9 Å². The van der Waals surface area contributed by atoms with Crippen molar-refractivity contribution in [3.63, 3.8) is 0 Å². The van der Waals surface area contributed by atoms with Crippen LogP contribution in [0.1, 0.15) is 32.8 Å². The number of nitrogens with two attached hydrogens (primary N) is 1. The van der Waals surface area contributed by atoms with Gasteiger partial charge >= 0.3 is 5.97 Å². The van der Waals surface area contributed by atoms with Crippen LogP contribution in [-0.4, -0.2) is 80.9 Å². The van der Waals surface area contributed by atoms with E-state index in [2.05, 4.69) is 20.9 Å². The van der Waals surface area contributed by atoms with Crippen LogP contribution in [0.25, 0.3) is 10.9 Å². The molecule has 2 rings (SSSR count). The second-order valence-electron chi connectivity index (χ2n) is 8.84. The van der Waals surface area contributed by atoms with Gasteiger partial charge in [0.25, 0.3) is 0 Å². The van der Waals surface area contributed by atoms with Crippen molar-refractivity contribution in [2.24, 2.45) is 11.7 Å². The first kappa shape index (κ1) is 28.8. The van der Waals surface area contributed by atoms with Crippen molar-refractivity contribution >= 4 is 34.6 Å². The Balaban J connectivity index is 2.12. The fourth-order valence-electron chi connectivity index (χ4n) is 3.62. The number of hydrogen-bond donors (Lipinski definition) is 8. The maximum Gasteiger partial charge on any atom is 0.326 e. The lowest BCUT2D eigenvalue weighted by atomic mass is 9.97. The monoisotopic (exact) mass is 505 g/mol. The Bertz CT molecular complexity index is 1070. The summed E-state index contributed by atoms with van der Waals surface area (Å²) < 4.78 is 0. The molecule has 1 aromatic carbocycles. The Kier molecular flexibility index (Phi) is 10.4. The molecule has 36 heavy (non-hydrogen) atoms. The number of amides is 3. The van der Waals surface area contributed by atoms with Gasteiger partial charge in [0.05, 0.1) is 12.7 Å².